The number of nitrogens with zero attached hydrogens (tertiary/aromatic N) is 2. The molecule has 8 heteroatoms. The zero-order chi connectivity index (χ0) is 18.7. The van der Waals surface area contributed by atoms with E-state index in [-0.39, 0.29) is 10.9 Å². The summed E-state index contributed by atoms with van der Waals surface area (Å²) in [4.78, 5) is 6.82. The van der Waals surface area contributed by atoms with Gasteiger partial charge in [0.15, 0.2) is 9.84 Å². The molecule has 0 spiro atoms. The number of aromatic nitrogens is 1. The molecular weight excluding hydrogens is 393 g/mol. The first kappa shape index (κ1) is 19.4. The third-order valence-electron chi connectivity index (χ3n) is 4.49. The summed E-state index contributed by atoms with van der Waals surface area (Å²) in [5, 5.41) is 4.44. The largest absolute Gasteiger partial charge is 0.366 e. The second-order valence-electron chi connectivity index (χ2n) is 6.57. The molecule has 5 nitrogen and oxygen atoms in total. The van der Waals surface area contributed by atoms with Crippen LogP contribution in [0.15, 0.2) is 41.4 Å². The molecule has 2 heterocycles. The molecule has 0 amide bonds. The lowest BCUT2D eigenvalue weighted by atomic mass is 10.0. The minimum atomic E-state index is -3.30. The Morgan fingerprint density at radius 3 is 2.58 bits per heavy atom. The van der Waals surface area contributed by atoms with Gasteiger partial charge >= 0.3 is 0 Å². The molecule has 1 aromatic carbocycles. The highest BCUT2D eigenvalue weighted by molar-refractivity contribution is 7.90. The fourth-order valence-electron chi connectivity index (χ4n) is 3.12. The first-order valence-corrected chi connectivity index (χ1v) is 11.1. The van der Waals surface area contributed by atoms with E-state index in [2.05, 4.69) is 15.2 Å². The summed E-state index contributed by atoms with van der Waals surface area (Å²) >= 11 is 12.0. The summed E-state index contributed by atoms with van der Waals surface area (Å²) in [6.45, 7) is 2.65. The van der Waals surface area contributed by atoms with Gasteiger partial charge in [0.05, 0.1) is 10.0 Å². The molecular formula is C18H21Cl2N3O2S. The molecule has 2 aromatic rings. The third kappa shape index (κ3) is 4.88. The van der Waals surface area contributed by atoms with Gasteiger partial charge < -0.3 is 5.32 Å². The van der Waals surface area contributed by atoms with Gasteiger partial charge in [-0.05, 0) is 42.7 Å². The van der Waals surface area contributed by atoms with Crippen molar-refractivity contribution in [2.45, 2.75) is 30.3 Å². The van der Waals surface area contributed by atoms with Gasteiger partial charge in [-0.2, -0.15) is 0 Å². The second kappa shape index (κ2) is 8.13. The number of sulfone groups is 1. The van der Waals surface area contributed by atoms with E-state index in [1.807, 2.05) is 18.2 Å². The zero-order valence-corrected chi connectivity index (χ0v) is 16.8. The van der Waals surface area contributed by atoms with Gasteiger partial charge in [-0.15, -0.1) is 0 Å². The molecule has 1 aliphatic rings. The van der Waals surface area contributed by atoms with Gasteiger partial charge in [-0.3, -0.25) is 4.90 Å². The van der Waals surface area contributed by atoms with Gasteiger partial charge in [0.25, 0.3) is 0 Å². The molecule has 0 atom stereocenters. The summed E-state index contributed by atoms with van der Waals surface area (Å²) < 4.78 is 23.8. The van der Waals surface area contributed by atoms with E-state index in [9.17, 15) is 8.42 Å². The normalized spacial score (nSPS) is 16.6. The van der Waals surface area contributed by atoms with Crippen molar-refractivity contribution in [3.8, 4) is 0 Å². The van der Waals surface area contributed by atoms with Crippen LogP contribution in [0.25, 0.3) is 0 Å². The Kier molecular flexibility index (Phi) is 6.07. The predicted molar refractivity (Wildman–Crippen MR) is 106 cm³/mol. The maximum absolute atomic E-state index is 11.9. The second-order valence-corrected chi connectivity index (χ2v) is 9.36. The van der Waals surface area contributed by atoms with E-state index >= 15 is 0 Å². The van der Waals surface area contributed by atoms with E-state index < -0.39 is 9.84 Å². The summed E-state index contributed by atoms with van der Waals surface area (Å²) in [5.41, 5.74) is 1.13. The molecule has 0 aliphatic carbocycles. The average Bonchev–Trinajstić information content (AvgIpc) is 2.59. The molecule has 3 rings (SSSR count). The Hall–Kier alpha value is -1.34. The summed E-state index contributed by atoms with van der Waals surface area (Å²) in [7, 11) is -3.30. The van der Waals surface area contributed by atoms with Crippen molar-refractivity contribution in [1.82, 2.24) is 9.88 Å². The molecule has 26 heavy (non-hydrogen) atoms. The maximum Gasteiger partial charge on any atom is 0.179 e. The van der Waals surface area contributed by atoms with E-state index in [4.69, 9.17) is 23.2 Å². The lowest BCUT2D eigenvalue weighted by Crippen LogP contribution is -2.39. The van der Waals surface area contributed by atoms with Crippen LogP contribution in [0, 0.1) is 0 Å². The number of halogens is 2. The number of piperidine rings is 1. The third-order valence-corrected chi connectivity index (χ3v) is 6.36. The first-order chi connectivity index (χ1) is 12.3. The summed E-state index contributed by atoms with van der Waals surface area (Å²) in [6.07, 6.45) is 4.65. The molecule has 1 aliphatic heterocycles. The van der Waals surface area contributed by atoms with Crippen LogP contribution in [0.5, 0.6) is 0 Å². The Labute approximate surface area is 164 Å². The summed E-state index contributed by atoms with van der Waals surface area (Å²) in [6, 6.07) is 9.15. The smallest absolute Gasteiger partial charge is 0.179 e. The highest BCUT2D eigenvalue weighted by atomic mass is 35.5. The predicted octanol–water partition coefficient (Wildman–Crippen LogP) is 3.87. The lowest BCUT2D eigenvalue weighted by molar-refractivity contribution is 0.211. The Bertz CT molecular complexity index is 882. The van der Waals surface area contributed by atoms with Gasteiger partial charge in [-0.25, -0.2) is 13.4 Å². The van der Waals surface area contributed by atoms with E-state index in [1.54, 1.807) is 18.3 Å². The van der Waals surface area contributed by atoms with Crippen molar-refractivity contribution in [1.29, 1.82) is 0 Å². The summed E-state index contributed by atoms with van der Waals surface area (Å²) in [5.74, 6) is 0.443. The molecule has 0 unspecified atom stereocenters. The Balaban J connectivity index is 1.58. The van der Waals surface area contributed by atoms with Gasteiger partial charge in [0.2, 0.25) is 0 Å². The molecule has 1 N–H and O–H groups in total. The number of rotatable bonds is 5. The van der Waals surface area contributed by atoms with Crippen LogP contribution in [0.1, 0.15) is 18.4 Å². The molecule has 1 fully saturated rings. The van der Waals surface area contributed by atoms with Gasteiger partial charge in [0, 0.05) is 38.1 Å². The lowest BCUT2D eigenvalue weighted by Gasteiger charge is -2.33. The van der Waals surface area contributed by atoms with Crippen molar-refractivity contribution < 1.29 is 8.42 Å². The van der Waals surface area contributed by atoms with Crippen LogP contribution >= 0.6 is 23.2 Å². The van der Waals surface area contributed by atoms with Crippen LogP contribution in [-0.4, -0.2) is 43.7 Å². The van der Waals surface area contributed by atoms with E-state index in [1.165, 1.54) is 6.26 Å². The molecule has 1 aromatic heterocycles. The number of pyridine rings is 1. The van der Waals surface area contributed by atoms with E-state index in [0.717, 1.165) is 38.0 Å². The number of nitrogens with one attached hydrogen (secondary N) is 1. The van der Waals surface area contributed by atoms with Crippen LogP contribution in [0.2, 0.25) is 10.0 Å². The number of benzene rings is 1. The van der Waals surface area contributed by atoms with Crippen LogP contribution in [0.4, 0.5) is 5.82 Å². The van der Waals surface area contributed by atoms with Crippen molar-refractivity contribution in [2.75, 3.05) is 24.7 Å². The number of hydrogen-bond acceptors (Lipinski definition) is 5. The SMILES string of the molecule is CS(=O)(=O)c1cccnc1NC1CCN(Cc2ccc(Cl)c(Cl)c2)CC1. The molecule has 140 valence electrons. The minimum Gasteiger partial charge on any atom is -0.366 e. The van der Waals surface area contributed by atoms with Crippen molar-refractivity contribution in [3.63, 3.8) is 0 Å². The zero-order valence-electron chi connectivity index (χ0n) is 14.5. The van der Waals surface area contributed by atoms with Crippen LogP contribution < -0.4 is 5.32 Å². The molecule has 0 bridgehead atoms. The van der Waals surface area contributed by atoms with Crippen molar-refractivity contribution in [3.05, 3.63) is 52.1 Å². The quantitative estimate of drug-likeness (QED) is 0.805. The standard InChI is InChI=1S/C18H21Cl2N3O2S/c1-26(24,25)17-3-2-8-21-18(17)22-14-6-9-23(10-7-14)12-13-4-5-15(19)16(20)11-13/h2-5,8,11,14H,6-7,9-10,12H2,1H3,(H,21,22). The number of hydrogen-bond donors (Lipinski definition) is 1. The van der Waals surface area contributed by atoms with Crippen molar-refractivity contribution in [2.24, 2.45) is 0 Å². The molecule has 1 saturated heterocycles. The minimum absolute atomic E-state index is 0.204. The average molecular weight is 414 g/mol. The first-order valence-electron chi connectivity index (χ1n) is 8.41. The fraction of sp³-hybridized carbons (Fsp3) is 0.389. The highest BCUT2D eigenvalue weighted by Gasteiger charge is 2.22. The van der Waals surface area contributed by atoms with Gasteiger partial charge in [-0.1, -0.05) is 29.3 Å². The van der Waals surface area contributed by atoms with Gasteiger partial charge in [0.1, 0.15) is 10.7 Å². The van der Waals surface area contributed by atoms with Crippen LogP contribution in [-0.2, 0) is 16.4 Å². The van der Waals surface area contributed by atoms with Crippen LogP contribution in [0.3, 0.4) is 0 Å². The number of anilines is 1. The molecule has 0 saturated carbocycles. The van der Waals surface area contributed by atoms with Crippen molar-refractivity contribution >= 4 is 38.9 Å². The fourth-order valence-corrected chi connectivity index (χ4v) is 4.23. The Morgan fingerprint density at radius 1 is 1.19 bits per heavy atom. The maximum atomic E-state index is 11.9. The van der Waals surface area contributed by atoms with E-state index in [0.29, 0.717) is 15.9 Å². The monoisotopic (exact) mass is 413 g/mol. The molecule has 0 radical (unpaired) electrons. The highest BCUT2D eigenvalue weighted by Crippen LogP contribution is 2.25. The topological polar surface area (TPSA) is 62.3 Å². The number of likely N-dealkylation sites (tertiary alicyclic amines) is 1. The Morgan fingerprint density at radius 2 is 1.92 bits per heavy atom.